The quantitative estimate of drug-likeness (QED) is 0.831. The smallest absolute Gasteiger partial charge is 0.119 e. The normalized spacial score (nSPS) is 9.35. The number of nitrogen functional groups attached to an aromatic ring is 1. The van der Waals surface area contributed by atoms with E-state index < -0.39 is 0 Å². The van der Waals surface area contributed by atoms with Crippen LogP contribution in [-0.2, 0) is 0 Å². The maximum absolute atomic E-state index is 9.01. The summed E-state index contributed by atoms with van der Waals surface area (Å²) >= 11 is 0. The summed E-state index contributed by atoms with van der Waals surface area (Å²) in [6.07, 6.45) is 0. The zero-order chi connectivity index (χ0) is 14.5. The lowest BCUT2D eigenvalue weighted by atomic mass is 10.1. The number of methoxy groups -OCH3 is 1. The molecule has 3 N–H and O–H groups in total. The number of nitrogens with one attached hydrogen (secondary N) is 1. The lowest BCUT2D eigenvalue weighted by molar-refractivity contribution is 0.415. The summed E-state index contributed by atoms with van der Waals surface area (Å²) in [5.74, 6) is 0.751. The summed E-state index contributed by atoms with van der Waals surface area (Å²) < 4.78 is 5.08. The first-order chi connectivity index (χ1) is 9.67. The van der Waals surface area contributed by atoms with Crippen LogP contribution in [-0.4, -0.2) is 7.11 Å². The van der Waals surface area contributed by atoms with E-state index in [4.69, 9.17) is 21.0 Å². The Kier molecular flexibility index (Phi) is 3.74. The van der Waals surface area contributed by atoms with Crippen LogP contribution in [0.1, 0.15) is 11.1 Å². The Hall–Kier alpha value is -3.18. The van der Waals surface area contributed by atoms with Crippen molar-refractivity contribution in [2.45, 2.75) is 0 Å². The molecular weight excluding hydrogens is 252 g/mol. The topological polar surface area (TPSA) is 94.9 Å². The zero-order valence-corrected chi connectivity index (χ0v) is 10.8. The Labute approximate surface area is 116 Å². The van der Waals surface area contributed by atoms with Gasteiger partial charge in [0.1, 0.15) is 17.9 Å². The van der Waals surface area contributed by atoms with Crippen molar-refractivity contribution in [1.29, 1.82) is 10.5 Å². The van der Waals surface area contributed by atoms with Gasteiger partial charge in [0.05, 0.1) is 29.6 Å². The largest absolute Gasteiger partial charge is 0.497 e. The van der Waals surface area contributed by atoms with E-state index in [0.717, 1.165) is 11.4 Å². The molecule has 0 aliphatic carbocycles. The Morgan fingerprint density at radius 3 is 2.20 bits per heavy atom. The molecule has 5 nitrogen and oxygen atoms in total. The molecule has 5 heteroatoms. The molecule has 0 aliphatic heterocycles. The third-order valence-corrected chi connectivity index (χ3v) is 2.80. The monoisotopic (exact) mass is 264 g/mol. The number of anilines is 3. The summed E-state index contributed by atoms with van der Waals surface area (Å²) in [7, 11) is 1.60. The van der Waals surface area contributed by atoms with Crippen molar-refractivity contribution in [1.82, 2.24) is 0 Å². The molecule has 0 bridgehead atoms. The first kappa shape index (κ1) is 13.3. The van der Waals surface area contributed by atoms with Gasteiger partial charge in [-0.15, -0.1) is 0 Å². The van der Waals surface area contributed by atoms with Gasteiger partial charge in [0.25, 0.3) is 0 Å². The molecule has 0 atom stereocenters. The van der Waals surface area contributed by atoms with E-state index in [-0.39, 0.29) is 11.1 Å². The van der Waals surface area contributed by atoms with E-state index in [1.807, 2.05) is 36.4 Å². The fraction of sp³-hybridized carbons (Fsp3) is 0.0667. The van der Waals surface area contributed by atoms with E-state index in [2.05, 4.69) is 5.32 Å². The van der Waals surface area contributed by atoms with Crippen molar-refractivity contribution in [3.8, 4) is 17.9 Å². The van der Waals surface area contributed by atoms with E-state index in [1.165, 1.54) is 6.07 Å². The second-order valence-corrected chi connectivity index (χ2v) is 4.06. The highest BCUT2D eigenvalue weighted by Gasteiger charge is 2.08. The molecule has 0 unspecified atom stereocenters. The molecule has 0 saturated heterocycles. The second kappa shape index (κ2) is 5.64. The molecule has 0 aliphatic rings. The average Bonchev–Trinajstić information content (AvgIpc) is 2.49. The van der Waals surface area contributed by atoms with E-state index >= 15 is 0 Å². The van der Waals surface area contributed by atoms with Gasteiger partial charge in [0, 0.05) is 5.69 Å². The average molecular weight is 264 g/mol. The molecule has 2 rings (SSSR count). The first-order valence-electron chi connectivity index (χ1n) is 5.82. The van der Waals surface area contributed by atoms with Crippen LogP contribution in [0.25, 0.3) is 0 Å². The summed E-state index contributed by atoms with van der Waals surface area (Å²) in [6.45, 7) is 0. The SMILES string of the molecule is COc1ccc(Nc2cc(C#N)c(C#N)cc2N)cc1. The Morgan fingerprint density at radius 2 is 1.65 bits per heavy atom. The number of hydrogen-bond donors (Lipinski definition) is 2. The minimum Gasteiger partial charge on any atom is -0.497 e. The summed E-state index contributed by atoms with van der Waals surface area (Å²) in [6, 6.07) is 14.3. The lowest BCUT2D eigenvalue weighted by Crippen LogP contribution is -1.99. The van der Waals surface area contributed by atoms with Gasteiger partial charge in [-0.2, -0.15) is 10.5 Å². The van der Waals surface area contributed by atoms with Gasteiger partial charge in [-0.1, -0.05) is 0 Å². The van der Waals surface area contributed by atoms with E-state index in [1.54, 1.807) is 13.2 Å². The molecule has 0 amide bonds. The predicted molar refractivity (Wildman–Crippen MR) is 76.6 cm³/mol. The maximum atomic E-state index is 9.01. The second-order valence-electron chi connectivity index (χ2n) is 4.06. The van der Waals surface area contributed by atoms with Crippen molar-refractivity contribution in [2.75, 3.05) is 18.2 Å². The number of benzene rings is 2. The van der Waals surface area contributed by atoms with Gasteiger partial charge in [-0.25, -0.2) is 0 Å². The van der Waals surface area contributed by atoms with Crippen molar-refractivity contribution in [3.63, 3.8) is 0 Å². The van der Waals surface area contributed by atoms with Gasteiger partial charge in [0.2, 0.25) is 0 Å². The number of rotatable bonds is 3. The molecule has 0 saturated carbocycles. The van der Waals surface area contributed by atoms with Crippen molar-refractivity contribution in [2.24, 2.45) is 0 Å². The number of nitrogens with two attached hydrogens (primary N) is 1. The zero-order valence-electron chi connectivity index (χ0n) is 10.8. The minimum absolute atomic E-state index is 0.269. The Bertz CT molecular complexity index is 708. The lowest BCUT2D eigenvalue weighted by Gasteiger charge is -2.11. The van der Waals surface area contributed by atoms with Crippen LogP contribution in [0.3, 0.4) is 0 Å². The van der Waals surface area contributed by atoms with Crippen LogP contribution in [0, 0.1) is 22.7 Å². The number of ether oxygens (including phenoxy) is 1. The van der Waals surface area contributed by atoms with Crippen LogP contribution in [0.2, 0.25) is 0 Å². The molecule has 0 spiro atoms. The van der Waals surface area contributed by atoms with Crippen LogP contribution < -0.4 is 15.8 Å². The minimum atomic E-state index is 0.269. The van der Waals surface area contributed by atoms with Gasteiger partial charge in [-0.05, 0) is 36.4 Å². The molecule has 20 heavy (non-hydrogen) atoms. The molecule has 0 aromatic heterocycles. The van der Waals surface area contributed by atoms with Crippen molar-refractivity contribution >= 4 is 17.1 Å². The highest BCUT2D eigenvalue weighted by Crippen LogP contribution is 2.27. The van der Waals surface area contributed by atoms with Gasteiger partial charge >= 0.3 is 0 Å². The van der Waals surface area contributed by atoms with Crippen LogP contribution in [0.4, 0.5) is 17.1 Å². The van der Waals surface area contributed by atoms with Gasteiger partial charge in [-0.3, -0.25) is 0 Å². The first-order valence-corrected chi connectivity index (χ1v) is 5.82. The molecule has 0 heterocycles. The maximum Gasteiger partial charge on any atom is 0.119 e. The summed E-state index contributed by atoms with van der Waals surface area (Å²) in [5.41, 5.74) is 8.25. The van der Waals surface area contributed by atoms with Crippen LogP contribution >= 0.6 is 0 Å². The van der Waals surface area contributed by atoms with E-state index in [9.17, 15) is 0 Å². The molecule has 0 fully saturated rings. The number of hydrogen-bond acceptors (Lipinski definition) is 5. The van der Waals surface area contributed by atoms with Crippen molar-refractivity contribution < 1.29 is 4.74 Å². The molecule has 0 radical (unpaired) electrons. The highest BCUT2D eigenvalue weighted by molar-refractivity contribution is 5.76. The third-order valence-electron chi connectivity index (χ3n) is 2.80. The molecule has 98 valence electrons. The van der Waals surface area contributed by atoms with E-state index in [0.29, 0.717) is 11.4 Å². The highest BCUT2D eigenvalue weighted by atomic mass is 16.5. The van der Waals surface area contributed by atoms with Crippen LogP contribution in [0.15, 0.2) is 36.4 Å². The number of nitrogens with zero attached hydrogens (tertiary/aromatic N) is 2. The summed E-state index contributed by atoms with van der Waals surface area (Å²) in [4.78, 5) is 0. The van der Waals surface area contributed by atoms with Crippen LogP contribution in [0.5, 0.6) is 5.75 Å². The van der Waals surface area contributed by atoms with Gasteiger partial charge < -0.3 is 15.8 Å². The fourth-order valence-electron chi connectivity index (χ4n) is 1.74. The Morgan fingerprint density at radius 1 is 1.05 bits per heavy atom. The van der Waals surface area contributed by atoms with Gasteiger partial charge in [0.15, 0.2) is 0 Å². The predicted octanol–water partition coefficient (Wildman–Crippen LogP) is 2.76. The molecule has 2 aromatic carbocycles. The Balaban J connectivity index is 2.34. The summed E-state index contributed by atoms with van der Waals surface area (Å²) in [5, 5.41) is 21.0. The number of nitriles is 2. The van der Waals surface area contributed by atoms with Crippen molar-refractivity contribution in [3.05, 3.63) is 47.5 Å². The molecular formula is C15H12N4O. The molecule has 2 aromatic rings. The standard InChI is InChI=1S/C15H12N4O/c1-20-13-4-2-12(3-5-13)19-15-7-11(9-17)10(8-16)6-14(15)18/h2-7,19H,18H2,1H3. The fourth-order valence-corrected chi connectivity index (χ4v) is 1.74. The third kappa shape index (κ3) is 2.63.